The van der Waals surface area contributed by atoms with Crippen LogP contribution in [0.4, 0.5) is 5.69 Å². The Hall–Kier alpha value is -2.31. The number of nitrogens with one attached hydrogen (secondary N) is 1. The number of para-hydroxylation sites is 1. The monoisotopic (exact) mass is 238 g/mol. The van der Waals surface area contributed by atoms with Gasteiger partial charge in [0.2, 0.25) is 0 Å². The van der Waals surface area contributed by atoms with Crippen LogP contribution in [0.1, 0.15) is 17.2 Å². The topological polar surface area (TPSA) is 56.0 Å². The molecular formula is C15H14N2O. The highest BCUT2D eigenvalue weighted by Gasteiger charge is 2.11. The lowest BCUT2D eigenvalue weighted by atomic mass is 10.1. The van der Waals surface area contributed by atoms with Gasteiger partial charge in [0, 0.05) is 0 Å². The highest BCUT2D eigenvalue weighted by Crippen LogP contribution is 2.21. The zero-order chi connectivity index (χ0) is 12.8. The van der Waals surface area contributed by atoms with E-state index in [1.165, 1.54) is 0 Å². The third-order valence-corrected chi connectivity index (χ3v) is 2.76. The van der Waals surface area contributed by atoms with Gasteiger partial charge in [-0.2, -0.15) is 5.26 Å². The van der Waals surface area contributed by atoms with Crippen LogP contribution in [0.25, 0.3) is 0 Å². The van der Waals surface area contributed by atoms with E-state index in [1.807, 2.05) is 48.5 Å². The molecular weight excluding hydrogens is 224 g/mol. The van der Waals surface area contributed by atoms with E-state index in [0.29, 0.717) is 5.56 Å². The maximum Gasteiger partial charge on any atom is 0.101 e. The number of aliphatic hydroxyl groups excluding tert-OH is 1. The molecule has 0 fully saturated rings. The second kappa shape index (κ2) is 5.85. The lowest BCUT2D eigenvalue weighted by Crippen LogP contribution is -2.15. The molecule has 0 aliphatic carbocycles. The number of benzene rings is 2. The van der Waals surface area contributed by atoms with Gasteiger partial charge in [-0.05, 0) is 17.7 Å². The van der Waals surface area contributed by atoms with Crippen LogP contribution in [-0.4, -0.2) is 11.7 Å². The van der Waals surface area contributed by atoms with Gasteiger partial charge in [0.05, 0.1) is 23.9 Å². The molecule has 2 N–H and O–H groups in total. The Morgan fingerprint density at radius 1 is 1.06 bits per heavy atom. The molecule has 0 saturated carbocycles. The predicted octanol–water partition coefficient (Wildman–Crippen LogP) is 2.70. The summed E-state index contributed by atoms with van der Waals surface area (Å²) in [6.45, 7) is -0.0240. The van der Waals surface area contributed by atoms with Crippen molar-refractivity contribution in [3.05, 3.63) is 65.7 Å². The number of aliphatic hydroxyl groups is 1. The Balaban J connectivity index is 2.24. The molecule has 0 heterocycles. The Labute approximate surface area is 106 Å². The van der Waals surface area contributed by atoms with E-state index in [4.69, 9.17) is 5.26 Å². The van der Waals surface area contributed by atoms with Gasteiger partial charge in [-0.25, -0.2) is 0 Å². The Morgan fingerprint density at radius 3 is 2.39 bits per heavy atom. The molecule has 0 saturated heterocycles. The zero-order valence-corrected chi connectivity index (χ0v) is 9.88. The fourth-order valence-corrected chi connectivity index (χ4v) is 1.81. The van der Waals surface area contributed by atoms with Gasteiger partial charge in [0.25, 0.3) is 0 Å². The quantitative estimate of drug-likeness (QED) is 0.861. The van der Waals surface area contributed by atoms with Crippen molar-refractivity contribution in [2.24, 2.45) is 0 Å². The summed E-state index contributed by atoms with van der Waals surface area (Å²) in [5, 5.41) is 21.7. The Kier molecular flexibility index (Phi) is 3.95. The van der Waals surface area contributed by atoms with Crippen molar-refractivity contribution in [1.82, 2.24) is 0 Å². The molecule has 0 amide bonds. The maximum atomic E-state index is 9.46. The minimum absolute atomic E-state index is 0.0240. The fraction of sp³-hybridized carbons (Fsp3) is 0.133. The molecule has 1 unspecified atom stereocenters. The van der Waals surface area contributed by atoms with Gasteiger partial charge in [0.1, 0.15) is 6.07 Å². The first kappa shape index (κ1) is 12.2. The van der Waals surface area contributed by atoms with E-state index >= 15 is 0 Å². The van der Waals surface area contributed by atoms with Crippen LogP contribution in [-0.2, 0) is 0 Å². The summed E-state index contributed by atoms with van der Waals surface area (Å²) in [5.74, 6) is 0. The molecule has 0 radical (unpaired) electrons. The minimum atomic E-state index is -0.208. The van der Waals surface area contributed by atoms with Gasteiger partial charge >= 0.3 is 0 Å². The molecule has 0 spiro atoms. The second-order valence-corrected chi connectivity index (χ2v) is 3.95. The Morgan fingerprint density at radius 2 is 1.72 bits per heavy atom. The molecule has 2 aromatic rings. The second-order valence-electron chi connectivity index (χ2n) is 3.95. The summed E-state index contributed by atoms with van der Waals surface area (Å²) in [4.78, 5) is 0. The van der Waals surface area contributed by atoms with Crippen molar-refractivity contribution in [3.63, 3.8) is 0 Å². The highest BCUT2D eigenvalue weighted by atomic mass is 16.3. The zero-order valence-electron chi connectivity index (χ0n) is 9.88. The third kappa shape index (κ3) is 2.68. The molecule has 90 valence electrons. The van der Waals surface area contributed by atoms with Crippen molar-refractivity contribution < 1.29 is 5.11 Å². The van der Waals surface area contributed by atoms with Crippen molar-refractivity contribution in [2.45, 2.75) is 6.04 Å². The van der Waals surface area contributed by atoms with Gasteiger partial charge in [-0.15, -0.1) is 0 Å². The largest absolute Gasteiger partial charge is 0.394 e. The van der Waals surface area contributed by atoms with Crippen LogP contribution in [0.3, 0.4) is 0 Å². The van der Waals surface area contributed by atoms with Gasteiger partial charge in [0.15, 0.2) is 0 Å². The highest BCUT2D eigenvalue weighted by molar-refractivity contribution is 5.58. The third-order valence-electron chi connectivity index (χ3n) is 2.76. The summed E-state index contributed by atoms with van der Waals surface area (Å²) >= 11 is 0. The predicted molar refractivity (Wildman–Crippen MR) is 71.0 cm³/mol. The summed E-state index contributed by atoms with van der Waals surface area (Å²) < 4.78 is 0. The summed E-state index contributed by atoms with van der Waals surface area (Å²) in [6, 6.07) is 18.9. The number of rotatable bonds is 4. The molecule has 0 bridgehead atoms. The molecule has 2 rings (SSSR count). The number of nitriles is 1. The molecule has 3 nitrogen and oxygen atoms in total. The van der Waals surface area contributed by atoms with Crippen LogP contribution in [0, 0.1) is 11.3 Å². The van der Waals surface area contributed by atoms with Gasteiger partial charge in [-0.1, -0.05) is 42.5 Å². The number of hydrogen-bond donors (Lipinski definition) is 2. The normalized spacial score (nSPS) is 11.6. The summed E-state index contributed by atoms with van der Waals surface area (Å²) in [7, 11) is 0. The van der Waals surface area contributed by atoms with Crippen molar-refractivity contribution in [2.75, 3.05) is 11.9 Å². The van der Waals surface area contributed by atoms with Crippen molar-refractivity contribution in [3.8, 4) is 6.07 Å². The number of hydrogen-bond acceptors (Lipinski definition) is 3. The molecule has 3 heteroatoms. The first-order chi connectivity index (χ1) is 8.85. The van der Waals surface area contributed by atoms with Crippen LogP contribution in [0.15, 0.2) is 54.6 Å². The smallest absolute Gasteiger partial charge is 0.101 e. The van der Waals surface area contributed by atoms with Gasteiger partial charge < -0.3 is 10.4 Å². The van der Waals surface area contributed by atoms with Crippen LogP contribution in [0.5, 0.6) is 0 Å². The first-order valence-electron chi connectivity index (χ1n) is 5.76. The van der Waals surface area contributed by atoms with E-state index in [9.17, 15) is 5.11 Å². The molecule has 0 aromatic heterocycles. The van der Waals surface area contributed by atoms with Crippen molar-refractivity contribution in [1.29, 1.82) is 5.26 Å². The van der Waals surface area contributed by atoms with Crippen LogP contribution in [0.2, 0.25) is 0 Å². The molecule has 0 aliphatic rings. The number of anilines is 1. The van der Waals surface area contributed by atoms with E-state index in [1.54, 1.807) is 6.07 Å². The standard InChI is InChI=1S/C15H14N2O/c16-10-13-8-4-5-9-14(13)17-15(11-18)12-6-2-1-3-7-12/h1-9,15,17-18H,11H2. The van der Waals surface area contributed by atoms with E-state index in [-0.39, 0.29) is 12.6 Å². The first-order valence-corrected chi connectivity index (χ1v) is 5.76. The average molecular weight is 238 g/mol. The molecule has 1 atom stereocenters. The summed E-state index contributed by atoms with van der Waals surface area (Å²) in [6.07, 6.45) is 0. The van der Waals surface area contributed by atoms with E-state index in [2.05, 4.69) is 11.4 Å². The van der Waals surface area contributed by atoms with E-state index in [0.717, 1.165) is 11.3 Å². The molecule has 18 heavy (non-hydrogen) atoms. The lowest BCUT2D eigenvalue weighted by Gasteiger charge is -2.18. The van der Waals surface area contributed by atoms with Crippen molar-refractivity contribution >= 4 is 5.69 Å². The fourth-order valence-electron chi connectivity index (χ4n) is 1.81. The van der Waals surface area contributed by atoms with E-state index < -0.39 is 0 Å². The average Bonchev–Trinajstić information content (AvgIpc) is 2.46. The summed E-state index contributed by atoms with van der Waals surface area (Å²) in [5.41, 5.74) is 2.31. The van der Waals surface area contributed by atoms with Crippen LogP contribution < -0.4 is 5.32 Å². The number of nitrogens with zero attached hydrogens (tertiary/aromatic N) is 1. The molecule has 0 aliphatic heterocycles. The molecule has 2 aromatic carbocycles. The van der Waals surface area contributed by atoms with Gasteiger partial charge in [-0.3, -0.25) is 0 Å². The Bertz CT molecular complexity index is 546. The maximum absolute atomic E-state index is 9.46. The van der Waals surface area contributed by atoms with Crippen LogP contribution >= 0.6 is 0 Å². The minimum Gasteiger partial charge on any atom is -0.394 e. The SMILES string of the molecule is N#Cc1ccccc1NC(CO)c1ccccc1. The lowest BCUT2D eigenvalue weighted by molar-refractivity contribution is 0.276.